The standard InChI is InChI=1S/C10H14O/c1-7(2)9-4-5-10(11)8(3)6-9/h4-7,10-11H,3H2,1-2H3. The van der Waals surface area contributed by atoms with E-state index in [2.05, 4.69) is 20.4 Å². The highest BCUT2D eigenvalue weighted by molar-refractivity contribution is 5.39. The molecule has 0 aromatic carbocycles. The highest BCUT2D eigenvalue weighted by atomic mass is 16.3. The zero-order valence-electron chi connectivity index (χ0n) is 7.04. The Balaban J connectivity index is 2.80. The Labute approximate surface area is 67.7 Å². The van der Waals surface area contributed by atoms with Crippen molar-refractivity contribution in [2.75, 3.05) is 0 Å². The van der Waals surface area contributed by atoms with Crippen LogP contribution in [0.5, 0.6) is 0 Å². The molecule has 1 unspecified atom stereocenters. The lowest BCUT2D eigenvalue weighted by molar-refractivity contribution is 0.262. The minimum atomic E-state index is -0.475. The second-order valence-corrected chi connectivity index (χ2v) is 3.18. The molecule has 0 aromatic rings. The maximum atomic E-state index is 9.25. The van der Waals surface area contributed by atoms with Crippen LogP contribution in [0, 0.1) is 5.92 Å². The van der Waals surface area contributed by atoms with Crippen LogP contribution in [0.3, 0.4) is 0 Å². The van der Waals surface area contributed by atoms with Crippen molar-refractivity contribution < 1.29 is 5.11 Å². The summed E-state index contributed by atoms with van der Waals surface area (Å²) in [7, 11) is 0. The summed E-state index contributed by atoms with van der Waals surface area (Å²) in [6, 6.07) is 0. The van der Waals surface area contributed by atoms with E-state index in [0.717, 1.165) is 5.57 Å². The Morgan fingerprint density at radius 3 is 2.64 bits per heavy atom. The first-order valence-electron chi connectivity index (χ1n) is 3.88. The predicted octanol–water partition coefficient (Wildman–Crippen LogP) is 2.06. The van der Waals surface area contributed by atoms with Crippen LogP contribution in [0.15, 0.2) is 36.0 Å². The van der Waals surface area contributed by atoms with Gasteiger partial charge in [0.1, 0.15) is 0 Å². The van der Waals surface area contributed by atoms with Crippen LogP contribution in [-0.4, -0.2) is 11.2 Å². The molecule has 0 radical (unpaired) electrons. The summed E-state index contributed by atoms with van der Waals surface area (Å²) in [4.78, 5) is 0. The molecule has 0 fully saturated rings. The summed E-state index contributed by atoms with van der Waals surface area (Å²) in [5.74, 6) is 0.510. The summed E-state index contributed by atoms with van der Waals surface area (Å²) < 4.78 is 0. The molecule has 1 heteroatoms. The minimum Gasteiger partial charge on any atom is -0.384 e. The van der Waals surface area contributed by atoms with Crippen LogP contribution < -0.4 is 0 Å². The third-order valence-corrected chi connectivity index (χ3v) is 1.87. The molecule has 60 valence electrons. The van der Waals surface area contributed by atoms with Gasteiger partial charge in [-0.15, -0.1) is 0 Å². The van der Waals surface area contributed by atoms with Crippen molar-refractivity contribution in [3.63, 3.8) is 0 Å². The highest BCUT2D eigenvalue weighted by Gasteiger charge is 2.10. The third kappa shape index (κ3) is 1.81. The van der Waals surface area contributed by atoms with Crippen molar-refractivity contribution in [1.29, 1.82) is 0 Å². The molecule has 0 heterocycles. The maximum absolute atomic E-state index is 9.25. The van der Waals surface area contributed by atoms with E-state index < -0.39 is 6.10 Å². The zero-order valence-corrected chi connectivity index (χ0v) is 7.04. The van der Waals surface area contributed by atoms with E-state index in [0.29, 0.717) is 5.92 Å². The van der Waals surface area contributed by atoms with Crippen molar-refractivity contribution in [3.8, 4) is 0 Å². The van der Waals surface area contributed by atoms with Crippen LogP contribution in [0.1, 0.15) is 13.8 Å². The highest BCUT2D eigenvalue weighted by Crippen LogP contribution is 2.20. The topological polar surface area (TPSA) is 20.2 Å². The number of aliphatic hydroxyl groups is 1. The predicted molar refractivity (Wildman–Crippen MR) is 47.2 cm³/mol. The molecule has 1 N–H and O–H groups in total. The molecule has 1 nitrogen and oxygen atoms in total. The molecule has 0 saturated carbocycles. The van der Waals surface area contributed by atoms with Gasteiger partial charge in [-0.05, 0) is 17.1 Å². The zero-order chi connectivity index (χ0) is 8.43. The van der Waals surface area contributed by atoms with Crippen molar-refractivity contribution in [3.05, 3.63) is 36.0 Å². The Kier molecular flexibility index (Phi) is 2.30. The summed E-state index contributed by atoms with van der Waals surface area (Å²) in [6.07, 6.45) is 5.22. The van der Waals surface area contributed by atoms with Crippen molar-refractivity contribution in [1.82, 2.24) is 0 Å². The number of allylic oxidation sites excluding steroid dienone is 2. The average molecular weight is 150 g/mol. The number of hydrogen-bond donors (Lipinski definition) is 1. The fourth-order valence-electron chi connectivity index (χ4n) is 1.03. The fraction of sp³-hybridized carbons (Fsp3) is 0.400. The Morgan fingerprint density at radius 1 is 1.55 bits per heavy atom. The molecule has 1 aliphatic carbocycles. The molecule has 0 spiro atoms. The fourth-order valence-corrected chi connectivity index (χ4v) is 1.03. The second kappa shape index (κ2) is 3.05. The van der Waals surface area contributed by atoms with Crippen molar-refractivity contribution >= 4 is 0 Å². The number of rotatable bonds is 1. The maximum Gasteiger partial charge on any atom is 0.0969 e. The van der Waals surface area contributed by atoms with E-state index in [-0.39, 0.29) is 0 Å². The number of aliphatic hydroxyl groups excluding tert-OH is 1. The minimum absolute atomic E-state index is 0.475. The molecule has 1 rings (SSSR count). The molecule has 0 aromatic heterocycles. The summed E-state index contributed by atoms with van der Waals surface area (Å²) in [6.45, 7) is 8.00. The summed E-state index contributed by atoms with van der Waals surface area (Å²) >= 11 is 0. The van der Waals surface area contributed by atoms with Crippen molar-refractivity contribution in [2.24, 2.45) is 5.92 Å². The molecule has 1 aliphatic rings. The van der Waals surface area contributed by atoms with E-state index in [9.17, 15) is 5.11 Å². The van der Waals surface area contributed by atoms with E-state index in [1.54, 1.807) is 6.08 Å². The van der Waals surface area contributed by atoms with Gasteiger partial charge in [0.05, 0.1) is 6.10 Å². The monoisotopic (exact) mass is 150 g/mol. The second-order valence-electron chi connectivity index (χ2n) is 3.18. The van der Waals surface area contributed by atoms with Crippen LogP contribution >= 0.6 is 0 Å². The van der Waals surface area contributed by atoms with Gasteiger partial charge < -0.3 is 5.11 Å². The molecule has 0 saturated heterocycles. The van der Waals surface area contributed by atoms with Gasteiger partial charge in [0.25, 0.3) is 0 Å². The first kappa shape index (κ1) is 8.28. The van der Waals surface area contributed by atoms with E-state index in [1.807, 2.05) is 12.2 Å². The summed E-state index contributed by atoms with van der Waals surface area (Å²) in [5.41, 5.74) is 2.02. The van der Waals surface area contributed by atoms with Gasteiger partial charge in [-0.25, -0.2) is 0 Å². The quantitative estimate of drug-likeness (QED) is 0.606. The first-order chi connectivity index (χ1) is 5.11. The van der Waals surface area contributed by atoms with Crippen molar-refractivity contribution in [2.45, 2.75) is 20.0 Å². The smallest absolute Gasteiger partial charge is 0.0969 e. The third-order valence-electron chi connectivity index (χ3n) is 1.87. The van der Waals surface area contributed by atoms with Crippen LogP contribution in [0.4, 0.5) is 0 Å². The van der Waals surface area contributed by atoms with Gasteiger partial charge in [0.2, 0.25) is 0 Å². The molecule has 1 atom stereocenters. The van der Waals surface area contributed by atoms with Gasteiger partial charge >= 0.3 is 0 Å². The molecule has 0 amide bonds. The Morgan fingerprint density at radius 2 is 2.18 bits per heavy atom. The molecular formula is C10H14O. The van der Waals surface area contributed by atoms with Crippen LogP contribution in [0.25, 0.3) is 0 Å². The van der Waals surface area contributed by atoms with E-state index in [4.69, 9.17) is 0 Å². The van der Waals surface area contributed by atoms with Crippen LogP contribution in [-0.2, 0) is 0 Å². The lowest BCUT2D eigenvalue weighted by Gasteiger charge is -2.15. The molecule has 0 aliphatic heterocycles. The normalized spacial score (nSPS) is 24.2. The van der Waals surface area contributed by atoms with Gasteiger partial charge in [-0.3, -0.25) is 0 Å². The summed E-state index contributed by atoms with van der Waals surface area (Å²) in [5, 5.41) is 9.25. The van der Waals surface area contributed by atoms with Gasteiger partial charge in [0, 0.05) is 0 Å². The molecule has 11 heavy (non-hydrogen) atoms. The van der Waals surface area contributed by atoms with Gasteiger partial charge in [-0.2, -0.15) is 0 Å². The Hall–Kier alpha value is -0.820. The van der Waals surface area contributed by atoms with Gasteiger partial charge in [-0.1, -0.05) is 38.7 Å². The Bertz CT molecular complexity index is 221. The van der Waals surface area contributed by atoms with E-state index >= 15 is 0 Å². The lowest BCUT2D eigenvalue weighted by atomic mass is 9.94. The first-order valence-corrected chi connectivity index (χ1v) is 3.88. The largest absolute Gasteiger partial charge is 0.384 e. The SMILES string of the molecule is C=C1C=C(C(C)C)C=CC1O. The molecule has 0 bridgehead atoms. The molecular weight excluding hydrogens is 136 g/mol. The lowest BCUT2D eigenvalue weighted by Crippen LogP contribution is -2.09. The van der Waals surface area contributed by atoms with Gasteiger partial charge in [0.15, 0.2) is 0 Å². The van der Waals surface area contributed by atoms with Crippen LogP contribution in [0.2, 0.25) is 0 Å². The van der Waals surface area contributed by atoms with E-state index in [1.165, 1.54) is 5.57 Å². The average Bonchev–Trinajstić information content (AvgIpc) is 1.94. The number of hydrogen-bond acceptors (Lipinski definition) is 1.